The summed E-state index contributed by atoms with van der Waals surface area (Å²) < 4.78 is 0. The molecule has 0 aromatic heterocycles. The molecule has 2 atom stereocenters. The van der Waals surface area contributed by atoms with Gasteiger partial charge in [-0.3, -0.25) is 19.3 Å². The van der Waals surface area contributed by atoms with Crippen LogP contribution in [0.4, 0.5) is 0 Å². The predicted octanol–water partition coefficient (Wildman–Crippen LogP) is 0.882. The molecule has 1 aliphatic heterocycles. The largest absolute Gasteiger partial charge is 0.481 e. The normalized spacial score (nSPS) is 32.1. The molecule has 1 saturated heterocycles. The Labute approximate surface area is 99.8 Å². The number of hydrogen-bond donors (Lipinski definition) is 1. The van der Waals surface area contributed by atoms with Gasteiger partial charge in [-0.25, -0.2) is 0 Å². The standard InChI is InChI=1S/C12H17NO4/c1-2-7-5-8-9(6-7)12(17)13(11(8)16)4-3-10(14)15/h7-9H,2-6H2,1H3,(H,14,15). The molecule has 0 aromatic carbocycles. The molecule has 0 aromatic rings. The number of rotatable bonds is 4. The maximum absolute atomic E-state index is 12.0. The van der Waals surface area contributed by atoms with Crippen molar-refractivity contribution in [2.75, 3.05) is 6.54 Å². The molecule has 1 saturated carbocycles. The van der Waals surface area contributed by atoms with Crippen LogP contribution < -0.4 is 0 Å². The Morgan fingerprint density at radius 1 is 1.29 bits per heavy atom. The molecule has 5 heteroatoms. The van der Waals surface area contributed by atoms with Crippen LogP contribution in [-0.4, -0.2) is 34.3 Å². The molecule has 2 amide bonds. The van der Waals surface area contributed by atoms with E-state index in [1.54, 1.807) is 0 Å². The van der Waals surface area contributed by atoms with Crippen LogP contribution in [-0.2, 0) is 14.4 Å². The van der Waals surface area contributed by atoms with Gasteiger partial charge in [-0.15, -0.1) is 0 Å². The number of carboxylic acid groups (broad SMARTS) is 1. The maximum atomic E-state index is 12.0. The second kappa shape index (κ2) is 4.47. The Morgan fingerprint density at radius 2 is 1.82 bits per heavy atom. The molecule has 5 nitrogen and oxygen atoms in total. The van der Waals surface area contributed by atoms with Crippen LogP contribution in [0.5, 0.6) is 0 Å². The Morgan fingerprint density at radius 3 is 2.24 bits per heavy atom. The van der Waals surface area contributed by atoms with E-state index < -0.39 is 5.97 Å². The van der Waals surface area contributed by atoms with Crippen molar-refractivity contribution in [1.82, 2.24) is 4.90 Å². The van der Waals surface area contributed by atoms with Gasteiger partial charge in [0.15, 0.2) is 0 Å². The van der Waals surface area contributed by atoms with Crippen LogP contribution >= 0.6 is 0 Å². The van der Waals surface area contributed by atoms with Gasteiger partial charge < -0.3 is 5.11 Å². The first-order chi connectivity index (χ1) is 8.04. The fourth-order valence-corrected chi connectivity index (χ4v) is 2.96. The molecule has 2 fully saturated rings. The number of carbonyl (C=O) groups is 3. The average Bonchev–Trinajstić information content (AvgIpc) is 2.79. The average molecular weight is 239 g/mol. The molecule has 2 aliphatic rings. The summed E-state index contributed by atoms with van der Waals surface area (Å²) >= 11 is 0. The van der Waals surface area contributed by atoms with Crippen molar-refractivity contribution >= 4 is 17.8 Å². The minimum atomic E-state index is -0.978. The van der Waals surface area contributed by atoms with Gasteiger partial charge in [0.2, 0.25) is 11.8 Å². The second-order valence-corrected chi connectivity index (χ2v) is 4.93. The molecule has 2 rings (SSSR count). The summed E-state index contributed by atoms with van der Waals surface area (Å²) in [6.07, 6.45) is 2.42. The van der Waals surface area contributed by atoms with Gasteiger partial charge >= 0.3 is 5.97 Å². The second-order valence-electron chi connectivity index (χ2n) is 4.93. The van der Waals surface area contributed by atoms with Gasteiger partial charge in [-0.2, -0.15) is 0 Å². The van der Waals surface area contributed by atoms with Crippen molar-refractivity contribution in [2.24, 2.45) is 17.8 Å². The van der Waals surface area contributed by atoms with E-state index in [4.69, 9.17) is 5.11 Å². The number of imide groups is 1. The molecule has 1 N–H and O–H groups in total. The Bertz CT molecular complexity index is 342. The van der Waals surface area contributed by atoms with Crippen LogP contribution in [0.1, 0.15) is 32.6 Å². The lowest BCUT2D eigenvalue weighted by molar-refractivity contribution is -0.142. The topological polar surface area (TPSA) is 74.7 Å². The minimum absolute atomic E-state index is 0.0246. The van der Waals surface area contributed by atoms with Gasteiger partial charge in [-0.1, -0.05) is 13.3 Å². The van der Waals surface area contributed by atoms with Crippen LogP contribution in [0.2, 0.25) is 0 Å². The first kappa shape index (κ1) is 12.1. The highest BCUT2D eigenvalue weighted by Gasteiger charge is 2.51. The SMILES string of the molecule is CCC1CC2C(=O)N(CCC(=O)O)C(=O)C2C1. The van der Waals surface area contributed by atoms with E-state index >= 15 is 0 Å². The summed E-state index contributed by atoms with van der Waals surface area (Å²) in [6, 6.07) is 0. The zero-order chi connectivity index (χ0) is 12.6. The van der Waals surface area contributed by atoms with E-state index in [0.29, 0.717) is 5.92 Å². The first-order valence-electron chi connectivity index (χ1n) is 6.11. The van der Waals surface area contributed by atoms with Crippen LogP contribution in [0.15, 0.2) is 0 Å². The summed E-state index contributed by atoms with van der Waals surface area (Å²) in [5.74, 6) is -1.18. The fourth-order valence-electron chi connectivity index (χ4n) is 2.96. The summed E-state index contributed by atoms with van der Waals surface area (Å²) in [5.41, 5.74) is 0. The van der Waals surface area contributed by atoms with Crippen LogP contribution in [0.25, 0.3) is 0 Å². The Hall–Kier alpha value is -1.39. The Kier molecular flexibility index (Phi) is 3.17. The molecule has 0 bridgehead atoms. The zero-order valence-corrected chi connectivity index (χ0v) is 9.89. The van der Waals surface area contributed by atoms with Gasteiger partial charge in [-0.05, 0) is 18.8 Å². The number of carboxylic acids is 1. The van der Waals surface area contributed by atoms with Crippen molar-refractivity contribution < 1.29 is 19.5 Å². The summed E-state index contributed by atoms with van der Waals surface area (Å²) in [6.45, 7) is 2.10. The van der Waals surface area contributed by atoms with E-state index in [1.807, 2.05) is 0 Å². The number of nitrogens with zero attached hydrogens (tertiary/aromatic N) is 1. The van der Waals surface area contributed by atoms with E-state index in [0.717, 1.165) is 24.2 Å². The van der Waals surface area contributed by atoms with Gasteiger partial charge in [0.1, 0.15) is 0 Å². The lowest BCUT2D eigenvalue weighted by Crippen LogP contribution is -2.34. The molecular formula is C12H17NO4. The third-order valence-corrected chi connectivity index (χ3v) is 3.95. The number of fused-ring (bicyclic) bond motifs is 1. The fraction of sp³-hybridized carbons (Fsp3) is 0.750. The van der Waals surface area contributed by atoms with Crippen LogP contribution in [0, 0.1) is 17.8 Å². The zero-order valence-electron chi connectivity index (χ0n) is 9.89. The summed E-state index contributed by atoms with van der Waals surface area (Å²) in [5, 5.41) is 8.58. The van der Waals surface area contributed by atoms with Crippen molar-refractivity contribution in [3.05, 3.63) is 0 Å². The molecular weight excluding hydrogens is 222 g/mol. The molecule has 1 heterocycles. The number of amides is 2. The Balaban J connectivity index is 2.03. The summed E-state index contributed by atoms with van der Waals surface area (Å²) in [4.78, 5) is 35.6. The number of hydrogen-bond acceptors (Lipinski definition) is 3. The van der Waals surface area contributed by atoms with Crippen molar-refractivity contribution in [3.63, 3.8) is 0 Å². The number of aliphatic carboxylic acids is 1. The minimum Gasteiger partial charge on any atom is -0.481 e. The molecule has 94 valence electrons. The molecule has 0 radical (unpaired) electrons. The first-order valence-corrected chi connectivity index (χ1v) is 6.11. The van der Waals surface area contributed by atoms with E-state index in [9.17, 15) is 14.4 Å². The van der Waals surface area contributed by atoms with Gasteiger partial charge in [0, 0.05) is 6.54 Å². The van der Waals surface area contributed by atoms with Crippen molar-refractivity contribution in [2.45, 2.75) is 32.6 Å². The lowest BCUT2D eigenvalue weighted by atomic mass is 10.00. The number of likely N-dealkylation sites (tertiary alicyclic amines) is 1. The van der Waals surface area contributed by atoms with E-state index in [1.165, 1.54) is 0 Å². The maximum Gasteiger partial charge on any atom is 0.305 e. The monoisotopic (exact) mass is 239 g/mol. The quantitative estimate of drug-likeness (QED) is 0.739. The highest BCUT2D eigenvalue weighted by Crippen LogP contribution is 2.44. The van der Waals surface area contributed by atoms with Gasteiger partial charge in [0.25, 0.3) is 0 Å². The molecule has 1 aliphatic carbocycles. The van der Waals surface area contributed by atoms with Crippen LogP contribution in [0.3, 0.4) is 0 Å². The highest BCUT2D eigenvalue weighted by atomic mass is 16.4. The molecule has 2 unspecified atom stereocenters. The van der Waals surface area contributed by atoms with E-state index in [2.05, 4.69) is 6.92 Å². The third-order valence-electron chi connectivity index (χ3n) is 3.95. The van der Waals surface area contributed by atoms with Gasteiger partial charge in [0.05, 0.1) is 18.3 Å². The predicted molar refractivity (Wildman–Crippen MR) is 59.0 cm³/mol. The van der Waals surface area contributed by atoms with Crippen molar-refractivity contribution in [1.29, 1.82) is 0 Å². The smallest absolute Gasteiger partial charge is 0.305 e. The molecule has 17 heavy (non-hydrogen) atoms. The summed E-state index contributed by atoms with van der Waals surface area (Å²) in [7, 11) is 0. The van der Waals surface area contributed by atoms with Crippen molar-refractivity contribution in [3.8, 4) is 0 Å². The number of carbonyl (C=O) groups excluding carboxylic acids is 2. The van der Waals surface area contributed by atoms with E-state index in [-0.39, 0.29) is 36.6 Å². The lowest BCUT2D eigenvalue weighted by Gasteiger charge is -2.16. The highest BCUT2D eigenvalue weighted by molar-refractivity contribution is 6.05. The molecule has 0 spiro atoms. The third kappa shape index (κ3) is 2.06.